The predicted octanol–water partition coefficient (Wildman–Crippen LogP) is 16.4. The molecule has 10 rings (SSSR count). The van der Waals surface area contributed by atoms with Crippen LogP contribution in [0.1, 0.15) is 76.0 Å². The second-order valence-electron chi connectivity index (χ2n) is 18.8. The lowest BCUT2D eigenvalue weighted by atomic mass is 9.34. The van der Waals surface area contributed by atoms with Gasteiger partial charge in [0.05, 0.1) is 17.1 Å². The first-order valence-corrected chi connectivity index (χ1v) is 24.9. The van der Waals surface area contributed by atoms with Crippen molar-refractivity contribution in [3.05, 3.63) is 241 Å². The van der Waals surface area contributed by atoms with Crippen molar-refractivity contribution >= 4 is 86.0 Å². The van der Waals surface area contributed by atoms with Crippen molar-refractivity contribution in [2.75, 3.05) is 14.7 Å². The summed E-state index contributed by atoms with van der Waals surface area (Å²) in [6.45, 7) is 14.2. The highest BCUT2D eigenvalue weighted by Gasteiger charge is 2.36. The van der Waals surface area contributed by atoms with Gasteiger partial charge in [-0.3, -0.25) is 0 Å². The Morgan fingerprint density at radius 2 is 0.662 bits per heavy atom. The molecule has 0 saturated heterocycles. The summed E-state index contributed by atoms with van der Waals surface area (Å²) < 4.78 is 0. The average molecular weight is 900 g/mol. The molecule has 334 valence electrons. The molecule has 5 heteroatoms. The first kappa shape index (κ1) is 44.6. The summed E-state index contributed by atoms with van der Waals surface area (Å²) in [4.78, 5) is 9.79. The van der Waals surface area contributed by atoms with Crippen LogP contribution in [-0.4, -0.2) is 6.71 Å². The molecule has 0 spiro atoms. The van der Waals surface area contributed by atoms with Crippen LogP contribution in [0.3, 0.4) is 0 Å². The van der Waals surface area contributed by atoms with Gasteiger partial charge in [0.15, 0.2) is 0 Å². The van der Waals surface area contributed by atoms with Crippen LogP contribution in [0.5, 0.6) is 0 Å². The van der Waals surface area contributed by atoms with Crippen LogP contribution in [0.15, 0.2) is 234 Å². The van der Waals surface area contributed by atoms with Gasteiger partial charge in [-0.25, -0.2) is 0 Å². The van der Waals surface area contributed by atoms with Crippen molar-refractivity contribution in [2.24, 2.45) is 0 Å². The van der Waals surface area contributed by atoms with Crippen molar-refractivity contribution in [3.8, 4) is 0 Å². The molecule has 9 aromatic carbocycles. The molecule has 0 bridgehead atoms. The predicted molar refractivity (Wildman–Crippen MR) is 294 cm³/mol. The Hall–Kier alpha value is -7.21. The van der Waals surface area contributed by atoms with Gasteiger partial charge in [0.2, 0.25) is 6.71 Å². The monoisotopic (exact) mass is 899 g/mol. The van der Waals surface area contributed by atoms with E-state index in [4.69, 9.17) is 0 Å². The SMILES string of the molecule is CC(C)c1cc(C(C)C)c(B2c3ccccc3Sc3cc(N(c4ccccc4)c4cc(N(c5ccccc5)c5ccccc5)cc(N(c5ccccc5)c5ccccc5)c4)ccc32)c(C(C)C)c1. The molecule has 0 unspecified atom stereocenters. The second-order valence-corrected chi connectivity index (χ2v) is 19.8. The first-order valence-electron chi connectivity index (χ1n) is 24.1. The Labute approximate surface area is 408 Å². The number of hydrogen-bond donors (Lipinski definition) is 0. The van der Waals surface area contributed by atoms with E-state index in [9.17, 15) is 0 Å². The summed E-state index contributed by atoms with van der Waals surface area (Å²) in [5.41, 5.74) is 18.2. The molecule has 1 aliphatic rings. The summed E-state index contributed by atoms with van der Waals surface area (Å²) >= 11 is 1.90. The topological polar surface area (TPSA) is 9.72 Å². The van der Waals surface area contributed by atoms with Crippen molar-refractivity contribution in [3.63, 3.8) is 0 Å². The van der Waals surface area contributed by atoms with Crippen molar-refractivity contribution in [2.45, 2.75) is 69.1 Å². The molecular formula is C63H58BN3S. The summed E-state index contributed by atoms with van der Waals surface area (Å²) in [5, 5.41) is 0. The van der Waals surface area contributed by atoms with Crippen LogP contribution < -0.4 is 31.1 Å². The van der Waals surface area contributed by atoms with Crippen molar-refractivity contribution in [1.82, 2.24) is 0 Å². The Balaban J connectivity index is 1.22. The first-order chi connectivity index (χ1) is 33.2. The van der Waals surface area contributed by atoms with Gasteiger partial charge in [0, 0.05) is 43.9 Å². The number of para-hydroxylation sites is 5. The van der Waals surface area contributed by atoms with Crippen LogP contribution in [-0.2, 0) is 0 Å². The van der Waals surface area contributed by atoms with Crippen LogP contribution >= 0.6 is 11.8 Å². The van der Waals surface area contributed by atoms with E-state index >= 15 is 0 Å². The number of rotatable bonds is 13. The molecule has 0 aliphatic carbocycles. The van der Waals surface area contributed by atoms with Crippen molar-refractivity contribution < 1.29 is 0 Å². The lowest BCUT2D eigenvalue weighted by Gasteiger charge is -2.34. The fourth-order valence-electron chi connectivity index (χ4n) is 9.94. The van der Waals surface area contributed by atoms with Gasteiger partial charge in [-0.1, -0.05) is 197 Å². The molecule has 9 aromatic rings. The zero-order valence-corrected chi connectivity index (χ0v) is 40.7. The standard InChI is InChI=1S/C63H58BN3S/c1-44(2)47-38-57(45(3)4)63(58(39-47)46(5)6)64-59-34-22-23-35-61(59)68-62-43-53(36-37-60(62)64)67(52-32-20-11-21-33-52)56-41-54(65(48-24-12-7-13-25-48)49-26-14-8-15-27-49)40-55(42-56)66(50-28-16-9-17-29-50)51-30-18-10-19-31-51/h7-46H,1-6H3. The number of benzene rings is 9. The Kier molecular flexibility index (Phi) is 12.8. The molecule has 3 nitrogen and oxygen atoms in total. The molecule has 1 aliphatic heterocycles. The molecule has 0 N–H and O–H groups in total. The van der Waals surface area contributed by atoms with E-state index < -0.39 is 0 Å². The summed E-state index contributed by atoms with van der Waals surface area (Å²) in [6, 6.07) is 82.2. The van der Waals surface area contributed by atoms with Crippen molar-refractivity contribution in [1.29, 1.82) is 0 Å². The van der Waals surface area contributed by atoms with Gasteiger partial charge in [-0.15, -0.1) is 0 Å². The molecule has 0 radical (unpaired) electrons. The van der Waals surface area contributed by atoms with E-state index in [1.54, 1.807) is 0 Å². The fraction of sp³-hybridized carbons (Fsp3) is 0.143. The highest BCUT2D eigenvalue weighted by atomic mass is 32.2. The molecule has 1 heterocycles. The smallest absolute Gasteiger partial charge is 0.244 e. The lowest BCUT2D eigenvalue weighted by molar-refractivity contribution is 0.812. The third-order valence-electron chi connectivity index (χ3n) is 13.2. The molecule has 0 atom stereocenters. The summed E-state index contributed by atoms with van der Waals surface area (Å²) in [6.07, 6.45) is 0. The van der Waals surface area contributed by atoms with Gasteiger partial charge < -0.3 is 14.7 Å². The maximum atomic E-state index is 2.51. The van der Waals surface area contributed by atoms with E-state index in [0.717, 1.165) is 51.2 Å². The quantitative estimate of drug-likeness (QED) is 0.107. The molecule has 0 saturated carbocycles. The largest absolute Gasteiger partial charge is 0.310 e. The van der Waals surface area contributed by atoms with E-state index in [1.807, 2.05) is 11.8 Å². The van der Waals surface area contributed by atoms with Crippen LogP contribution in [0.25, 0.3) is 0 Å². The average Bonchev–Trinajstić information content (AvgIpc) is 3.37. The number of fused-ring (bicyclic) bond motifs is 2. The van der Waals surface area contributed by atoms with Gasteiger partial charge in [0.25, 0.3) is 0 Å². The number of nitrogens with zero attached hydrogens (tertiary/aromatic N) is 3. The minimum absolute atomic E-state index is 0.100. The second kappa shape index (κ2) is 19.6. The highest BCUT2D eigenvalue weighted by molar-refractivity contribution is 8.00. The molecule has 0 fully saturated rings. The highest BCUT2D eigenvalue weighted by Crippen LogP contribution is 2.46. The molecule has 0 amide bonds. The fourth-order valence-corrected chi connectivity index (χ4v) is 11.1. The van der Waals surface area contributed by atoms with E-state index in [-0.39, 0.29) is 6.71 Å². The zero-order valence-electron chi connectivity index (χ0n) is 39.9. The third kappa shape index (κ3) is 8.87. The normalized spacial score (nSPS) is 12.0. The van der Waals surface area contributed by atoms with E-state index in [0.29, 0.717) is 17.8 Å². The molecular weight excluding hydrogens is 842 g/mol. The minimum Gasteiger partial charge on any atom is -0.310 e. The van der Waals surface area contributed by atoms with Gasteiger partial charge >= 0.3 is 0 Å². The van der Waals surface area contributed by atoms with Gasteiger partial charge in [-0.05, 0) is 132 Å². The minimum atomic E-state index is 0.100. The number of anilines is 9. The maximum Gasteiger partial charge on any atom is 0.244 e. The van der Waals surface area contributed by atoms with Gasteiger partial charge in [-0.2, -0.15) is 0 Å². The Morgan fingerprint density at radius 1 is 0.309 bits per heavy atom. The van der Waals surface area contributed by atoms with Gasteiger partial charge in [0.1, 0.15) is 0 Å². The van der Waals surface area contributed by atoms with Crippen LogP contribution in [0, 0.1) is 0 Å². The van der Waals surface area contributed by atoms with E-state index in [1.165, 1.54) is 42.9 Å². The number of hydrogen-bond acceptors (Lipinski definition) is 4. The van der Waals surface area contributed by atoms with E-state index in [2.05, 4.69) is 281 Å². The molecule has 0 aromatic heterocycles. The summed E-state index contributed by atoms with van der Waals surface area (Å²) in [5.74, 6) is 1.20. The van der Waals surface area contributed by atoms with Crippen LogP contribution in [0.2, 0.25) is 0 Å². The lowest BCUT2D eigenvalue weighted by Crippen LogP contribution is -2.57. The Bertz CT molecular complexity index is 2930. The third-order valence-corrected chi connectivity index (χ3v) is 14.4. The molecule has 68 heavy (non-hydrogen) atoms. The summed E-state index contributed by atoms with van der Waals surface area (Å²) in [7, 11) is 0. The maximum absolute atomic E-state index is 2.51. The zero-order chi connectivity index (χ0) is 46.7. The van der Waals surface area contributed by atoms with Crippen LogP contribution in [0.4, 0.5) is 51.2 Å². The Morgan fingerprint density at radius 3 is 1.04 bits per heavy atom.